The molecule has 0 fully saturated rings. The first-order valence-electron chi connectivity index (χ1n) is 6.49. The summed E-state index contributed by atoms with van der Waals surface area (Å²) in [6, 6.07) is 4.09. The molecule has 5 nitrogen and oxygen atoms in total. The lowest BCUT2D eigenvalue weighted by Crippen LogP contribution is -2.20. The van der Waals surface area contributed by atoms with Crippen molar-refractivity contribution in [3.63, 3.8) is 0 Å². The van der Waals surface area contributed by atoms with Crippen LogP contribution in [0.25, 0.3) is 0 Å². The molecule has 0 aliphatic heterocycles. The van der Waals surface area contributed by atoms with E-state index in [-0.39, 0.29) is 6.04 Å². The average molecular weight is 260 g/mol. The Hall–Kier alpha value is -1.88. The predicted octanol–water partition coefficient (Wildman–Crippen LogP) is 1.91. The Balaban J connectivity index is 2.26. The van der Waals surface area contributed by atoms with E-state index in [1.807, 2.05) is 37.1 Å². The minimum atomic E-state index is 0.0603. The fourth-order valence-corrected chi connectivity index (χ4v) is 2.04. The second kappa shape index (κ2) is 6.33. The Labute approximate surface area is 113 Å². The van der Waals surface area contributed by atoms with E-state index in [9.17, 15) is 0 Å². The molecule has 0 aliphatic rings. The molecule has 2 heterocycles. The zero-order valence-electron chi connectivity index (χ0n) is 11.6. The Bertz CT molecular complexity index is 524. The molecule has 0 aromatic carbocycles. The van der Waals surface area contributed by atoms with Crippen LogP contribution in [0.1, 0.15) is 30.6 Å². The number of hydrogen-bond acceptors (Lipinski definition) is 4. The van der Waals surface area contributed by atoms with Crippen LogP contribution < -0.4 is 10.1 Å². The fraction of sp³-hybridized carbons (Fsp3) is 0.429. The number of nitrogens with zero attached hydrogens (tertiary/aromatic N) is 3. The molecule has 0 amide bonds. The van der Waals surface area contributed by atoms with E-state index in [1.54, 1.807) is 12.4 Å². The maximum Gasteiger partial charge on any atom is 0.137 e. The highest BCUT2D eigenvalue weighted by Gasteiger charge is 2.16. The summed E-state index contributed by atoms with van der Waals surface area (Å²) in [6.45, 7) is 2.80. The SMILES string of the molecule is CCCOc1cncc(C(NC)c2ccnn2C)c1. The van der Waals surface area contributed by atoms with Crippen LogP contribution in [0.4, 0.5) is 0 Å². The van der Waals surface area contributed by atoms with Crippen LogP contribution in [0.5, 0.6) is 5.75 Å². The molecule has 2 rings (SSSR count). The highest BCUT2D eigenvalue weighted by Crippen LogP contribution is 2.23. The van der Waals surface area contributed by atoms with Gasteiger partial charge in [0.2, 0.25) is 0 Å². The first-order valence-corrected chi connectivity index (χ1v) is 6.49. The zero-order chi connectivity index (χ0) is 13.7. The molecule has 1 unspecified atom stereocenters. The normalized spacial score (nSPS) is 12.4. The summed E-state index contributed by atoms with van der Waals surface area (Å²) in [5, 5.41) is 7.50. The Morgan fingerprint density at radius 3 is 2.89 bits per heavy atom. The lowest BCUT2D eigenvalue weighted by molar-refractivity contribution is 0.315. The van der Waals surface area contributed by atoms with Gasteiger partial charge in [0.05, 0.1) is 24.5 Å². The van der Waals surface area contributed by atoms with Crippen LogP contribution in [-0.2, 0) is 7.05 Å². The molecule has 2 aromatic heterocycles. The lowest BCUT2D eigenvalue weighted by atomic mass is 10.1. The van der Waals surface area contributed by atoms with Crippen molar-refractivity contribution in [2.45, 2.75) is 19.4 Å². The van der Waals surface area contributed by atoms with Gasteiger partial charge in [-0.25, -0.2) is 0 Å². The minimum absolute atomic E-state index is 0.0603. The van der Waals surface area contributed by atoms with Crippen molar-refractivity contribution in [3.8, 4) is 5.75 Å². The van der Waals surface area contributed by atoms with E-state index < -0.39 is 0 Å². The topological polar surface area (TPSA) is 52.0 Å². The highest BCUT2D eigenvalue weighted by atomic mass is 16.5. The molecule has 0 saturated carbocycles. The van der Waals surface area contributed by atoms with Crippen LogP contribution in [0.2, 0.25) is 0 Å². The molecular weight excluding hydrogens is 240 g/mol. The van der Waals surface area contributed by atoms with E-state index in [0.29, 0.717) is 6.61 Å². The van der Waals surface area contributed by atoms with E-state index in [0.717, 1.165) is 23.4 Å². The first kappa shape index (κ1) is 13.5. The highest BCUT2D eigenvalue weighted by molar-refractivity contribution is 5.31. The van der Waals surface area contributed by atoms with Gasteiger partial charge in [0.15, 0.2) is 0 Å². The molecule has 19 heavy (non-hydrogen) atoms. The monoisotopic (exact) mass is 260 g/mol. The molecule has 0 bridgehead atoms. The molecule has 2 aromatic rings. The van der Waals surface area contributed by atoms with Gasteiger partial charge in [0, 0.05) is 19.4 Å². The Morgan fingerprint density at radius 1 is 1.42 bits per heavy atom. The first-order chi connectivity index (χ1) is 9.26. The van der Waals surface area contributed by atoms with Crippen LogP contribution in [0, 0.1) is 0 Å². The zero-order valence-corrected chi connectivity index (χ0v) is 11.6. The summed E-state index contributed by atoms with van der Waals surface area (Å²) in [7, 11) is 3.86. The average Bonchev–Trinajstić information content (AvgIpc) is 2.84. The lowest BCUT2D eigenvalue weighted by Gasteiger charge is -2.17. The van der Waals surface area contributed by atoms with Crippen molar-refractivity contribution in [3.05, 3.63) is 42.0 Å². The number of aromatic nitrogens is 3. The molecule has 5 heteroatoms. The van der Waals surface area contributed by atoms with Crippen molar-refractivity contribution < 1.29 is 4.74 Å². The molecule has 1 N–H and O–H groups in total. The van der Waals surface area contributed by atoms with Gasteiger partial charge in [0.1, 0.15) is 5.75 Å². The van der Waals surface area contributed by atoms with E-state index in [4.69, 9.17) is 4.74 Å². The van der Waals surface area contributed by atoms with Crippen LogP contribution in [0.3, 0.4) is 0 Å². The minimum Gasteiger partial charge on any atom is -0.492 e. The van der Waals surface area contributed by atoms with Gasteiger partial charge in [-0.1, -0.05) is 6.92 Å². The second-order valence-corrected chi connectivity index (χ2v) is 4.40. The van der Waals surface area contributed by atoms with Crippen molar-refractivity contribution in [1.82, 2.24) is 20.1 Å². The largest absolute Gasteiger partial charge is 0.492 e. The fourth-order valence-electron chi connectivity index (χ4n) is 2.04. The maximum absolute atomic E-state index is 5.63. The van der Waals surface area contributed by atoms with Crippen LogP contribution in [-0.4, -0.2) is 28.4 Å². The smallest absolute Gasteiger partial charge is 0.137 e. The van der Waals surface area contributed by atoms with Gasteiger partial charge in [0.25, 0.3) is 0 Å². The summed E-state index contributed by atoms with van der Waals surface area (Å²) in [4.78, 5) is 4.25. The van der Waals surface area contributed by atoms with Gasteiger partial charge in [-0.15, -0.1) is 0 Å². The molecular formula is C14H20N4O. The van der Waals surface area contributed by atoms with Crippen molar-refractivity contribution in [1.29, 1.82) is 0 Å². The predicted molar refractivity (Wildman–Crippen MR) is 74.1 cm³/mol. The second-order valence-electron chi connectivity index (χ2n) is 4.40. The third-order valence-corrected chi connectivity index (χ3v) is 2.98. The Kier molecular flexibility index (Phi) is 4.52. The van der Waals surface area contributed by atoms with Gasteiger partial charge in [-0.2, -0.15) is 5.10 Å². The Morgan fingerprint density at radius 2 is 2.26 bits per heavy atom. The molecule has 102 valence electrons. The number of rotatable bonds is 6. The third-order valence-electron chi connectivity index (χ3n) is 2.98. The molecule has 0 saturated heterocycles. The van der Waals surface area contributed by atoms with Crippen LogP contribution >= 0.6 is 0 Å². The standard InChI is InChI=1S/C14H20N4O/c1-4-7-19-12-8-11(9-16-10-12)14(15-2)13-5-6-17-18(13)3/h5-6,8-10,14-15H,4,7H2,1-3H3. The van der Waals surface area contributed by atoms with Gasteiger partial charge >= 0.3 is 0 Å². The van der Waals surface area contributed by atoms with Gasteiger partial charge in [-0.3, -0.25) is 9.67 Å². The summed E-state index contributed by atoms with van der Waals surface area (Å²) < 4.78 is 7.49. The van der Waals surface area contributed by atoms with Crippen LogP contribution in [0.15, 0.2) is 30.7 Å². The maximum atomic E-state index is 5.63. The van der Waals surface area contributed by atoms with Gasteiger partial charge in [-0.05, 0) is 31.2 Å². The van der Waals surface area contributed by atoms with Crippen molar-refractivity contribution in [2.75, 3.05) is 13.7 Å². The van der Waals surface area contributed by atoms with E-state index in [1.165, 1.54) is 0 Å². The molecule has 1 atom stereocenters. The molecule has 0 aliphatic carbocycles. The number of hydrogen-bond donors (Lipinski definition) is 1. The summed E-state index contributed by atoms with van der Waals surface area (Å²) >= 11 is 0. The summed E-state index contributed by atoms with van der Waals surface area (Å²) in [5.41, 5.74) is 2.16. The quantitative estimate of drug-likeness (QED) is 0.862. The number of pyridine rings is 1. The van der Waals surface area contributed by atoms with Crippen molar-refractivity contribution in [2.24, 2.45) is 7.05 Å². The number of aryl methyl sites for hydroxylation is 1. The molecule has 0 spiro atoms. The molecule has 0 radical (unpaired) electrons. The van der Waals surface area contributed by atoms with Gasteiger partial charge < -0.3 is 10.1 Å². The number of nitrogens with one attached hydrogen (secondary N) is 1. The summed E-state index contributed by atoms with van der Waals surface area (Å²) in [5.74, 6) is 0.807. The number of ether oxygens (including phenoxy) is 1. The summed E-state index contributed by atoms with van der Waals surface area (Å²) in [6.07, 6.45) is 6.38. The van der Waals surface area contributed by atoms with E-state index >= 15 is 0 Å². The van der Waals surface area contributed by atoms with E-state index in [2.05, 4.69) is 22.3 Å². The van der Waals surface area contributed by atoms with Crippen molar-refractivity contribution >= 4 is 0 Å². The third kappa shape index (κ3) is 3.12.